The Morgan fingerprint density at radius 1 is 0.615 bits per heavy atom. The summed E-state index contributed by atoms with van der Waals surface area (Å²) < 4.78 is 71.6. The zero-order valence-corrected chi connectivity index (χ0v) is 13.2. The van der Waals surface area contributed by atoms with Crippen molar-refractivity contribution in [3.05, 3.63) is 89.8 Å². The standard InChI is InChI=1S/C20H11F5O/c1-2-11-3-5-12(6-4-11)13-7-9-14(10-8-13)26-20-18(24)16(22)15(21)17(23)19(20)25/h2-10H,1H2. The lowest BCUT2D eigenvalue weighted by Gasteiger charge is -2.10. The minimum absolute atomic E-state index is 0.0698. The lowest BCUT2D eigenvalue weighted by Crippen LogP contribution is -2.04. The molecule has 0 saturated carbocycles. The van der Waals surface area contributed by atoms with Crippen molar-refractivity contribution in [2.24, 2.45) is 0 Å². The van der Waals surface area contributed by atoms with E-state index in [1.807, 2.05) is 24.3 Å². The van der Waals surface area contributed by atoms with Crippen molar-refractivity contribution in [3.63, 3.8) is 0 Å². The van der Waals surface area contributed by atoms with Gasteiger partial charge in [0, 0.05) is 0 Å². The van der Waals surface area contributed by atoms with E-state index >= 15 is 0 Å². The van der Waals surface area contributed by atoms with Gasteiger partial charge in [-0.2, -0.15) is 8.78 Å². The summed E-state index contributed by atoms with van der Waals surface area (Å²) in [6.07, 6.45) is 1.70. The van der Waals surface area contributed by atoms with E-state index in [-0.39, 0.29) is 5.75 Å². The van der Waals surface area contributed by atoms with Crippen LogP contribution in [-0.4, -0.2) is 0 Å². The zero-order chi connectivity index (χ0) is 18.8. The van der Waals surface area contributed by atoms with E-state index in [9.17, 15) is 22.0 Å². The second-order valence-corrected chi connectivity index (χ2v) is 5.35. The highest BCUT2D eigenvalue weighted by Gasteiger charge is 2.27. The molecule has 0 aromatic heterocycles. The van der Waals surface area contributed by atoms with Crippen molar-refractivity contribution < 1.29 is 26.7 Å². The van der Waals surface area contributed by atoms with Crippen molar-refractivity contribution >= 4 is 6.08 Å². The van der Waals surface area contributed by atoms with Crippen LogP contribution in [0.15, 0.2) is 55.1 Å². The van der Waals surface area contributed by atoms with Gasteiger partial charge < -0.3 is 4.74 Å². The number of ether oxygens (including phenoxy) is 1. The molecule has 132 valence electrons. The lowest BCUT2D eigenvalue weighted by molar-refractivity contribution is 0.332. The third kappa shape index (κ3) is 3.18. The average Bonchev–Trinajstić information content (AvgIpc) is 2.69. The molecule has 0 fully saturated rings. The number of halogens is 5. The summed E-state index contributed by atoms with van der Waals surface area (Å²) in [5, 5.41) is 0. The fraction of sp³-hybridized carbons (Fsp3) is 0. The lowest BCUT2D eigenvalue weighted by atomic mass is 10.0. The monoisotopic (exact) mass is 362 g/mol. The van der Waals surface area contributed by atoms with Gasteiger partial charge in [-0.25, -0.2) is 13.2 Å². The molecule has 0 aliphatic heterocycles. The van der Waals surface area contributed by atoms with Gasteiger partial charge in [0.15, 0.2) is 0 Å². The molecule has 1 nitrogen and oxygen atoms in total. The SMILES string of the molecule is C=Cc1ccc(-c2ccc(Oc3c(F)c(F)c(F)c(F)c3F)cc2)cc1. The van der Waals surface area contributed by atoms with E-state index in [0.29, 0.717) is 0 Å². The smallest absolute Gasteiger partial charge is 0.207 e. The van der Waals surface area contributed by atoms with Crippen LogP contribution in [0.5, 0.6) is 11.5 Å². The Bertz CT molecular complexity index is 934. The molecule has 0 heterocycles. The maximum absolute atomic E-state index is 13.6. The van der Waals surface area contributed by atoms with Gasteiger partial charge in [0.05, 0.1) is 0 Å². The molecule has 0 bridgehead atoms. The van der Waals surface area contributed by atoms with Crippen LogP contribution in [-0.2, 0) is 0 Å². The molecule has 0 N–H and O–H groups in total. The molecule has 0 atom stereocenters. The van der Waals surface area contributed by atoms with Crippen LogP contribution in [0.25, 0.3) is 17.2 Å². The summed E-state index contributed by atoms with van der Waals surface area (Å²) >= 11 is 0. The quantitative estimate of drug-likeness (QED) is 0.293. The van der Waals surface area contributed by atoms with E-state index in [2.05, 4.69) is 6.58 Å². The number of hydrogen-bond acceptors (Lipinski definition) is 1. The third-order valence-electron chi connectivity index (χ3n) is 3.72. The number of rotatable bonds is 4. The van der Waals surface area contributed by atoms with E-state index in [1.54, 1.807) is 18.2 Å². The van der Waals surface area contributed by atoms with E-state index in [1.165, 1.54) is 12.1 Å². The van der Waals surface area contributed by atoms with Crippen LogP contribution in [0.3, 0.4) is 0 Å². The fourth-order valence-corrected chi connectivity index (χ4v) is 2.32. The van der Waals surface area contributed by atoms with Crippen LogP contribution in [0.2, 0.25) is 0 Å². The highest BCUT2D eigenvalue weighted by Crippen LogP contribution is 2.33. The molecule has 0 spiro atoms. The molecular weight excluding hydrogens is 351 g/mol. The van der Waals surface area contributed by atoms with Crippen molar-refractivity contribution in [1.29, 1.82) is 0 Å². The van der Waals surface area contributed by atoms with E-state index in [4.69, 9.17) is 4.74 Å². The Balaban J connectivity index is 1.89. The van der Waals surface area contributed by atoms with Crippen LogP contribution >= 0.6 is 0 Å². The second kappa shape index (κ2) is 7.00. The van der Waals surface area contributed by atoms with Crippen LogP contribution in [0, 0.1) is 29.1 Å². The van der Waals surface area contributed by atoms with Gasteiger partial charge >= 0.3 is 0 Å². The molecule has 0 saturated heterocycles. The molecule has 0 unspecified atom stereocenters. The van der Waals surface area contributed by atoms with Gasteiger partial charge in [0.1, 0.15) is 5.75 Å². The summed E-state index contributed by atoms with van der Waals surface area (Å²) in [6.45, 7) is 3.66. The maximum atomic E-state index is 13.6. The summed E-state index contributed by atoms with van der Waals surface area (Å²) in [5.74, 6) is -11.8. The molecule has 0 radical (unpaired) electrons. The average molecular weight is 362 g/mol. The van der Waals surface area contributed by atoms with E-state index < -0.39 is 34.8 Å². The summed E-state index contributed by atoms with van der Waals surface area (Å²) in [4.78, 5) is 0. The topological polar surface area (TPSA) is 9.23 Å². The maximum Gasteiger partial charge on any atom is 0.207 e. The van der Waals surface area contributed by atoms with Gasteiger partial charge in [-0.15, -0.1) is 0 Å². The Morgan fingerprint density at radius 3 is 1.50 bits per heavy atom. The molecule has 26 heavy (non-hydrogen) atoms. The molecular formula is C20H11F5O. The second-order valence-electron chi connectivity index (χ2n) is 5.35. The number of hydrogen-bond donors (Lipinski definition) is 0. The molecule has 0 amide bonds. The molecule has 6 heteroatoms. The Hall–Kier alpha value is -3.15. The molecule has 3 aromatic carbocycles. The summed E-state index contributed by atoms with van der Waals surface area (Å²) in [7, 11) is 0. The first-order chi connectivity index (χ1) is 12.4. The van der Waals surface area contributed by atoms with Gasteiger partial charge in [-0.1, -0.05) is 49.1 Å². The predicted molar refractivity (Wildman–Crippen MR) is 88.3 cm³/mol. The normalized spacial score (nSPS) is 10.7. The van der Waals surface area contributed by atoms with E-state index in [0.717, 1.165) is 16.7 Å². The minimum Gasteiger partial charge on any atom is -0.451 e. The molecule has 3 rings (SSSR count). The van der Waals surface area contributed by atoms with Crippen molar-refractivity contribution in [2.45, 2.75) is 0 Å². The van der Waals surface area contributed by atoms with Gasteiger partial charge in [0.25, 0.3) is 0 Å². The Kier molecular flexibility index (Phi) is 4.75. The zero-order valence-electron chi connectivity index (χ0n) is 13.2. The van der Waals surface area contributed by atoms with Gasteiger partial charge in [0.2, 0.25) is 34.8 Å². The first kappa shape index (κ1) is 17.7. The third-order valence-corrected chi connectivity index (χ3v) is 3.72. The molecule has 3 aromatic rings. The Morgan fingerprint density at radius 2 is 1.04 bits per heavy atom. The number of benzene rings is 3. The van der Waals surface area contributed by atoms with Crippen molar-refractivity contribution in [1.82, 2.24) is 0 Å². The Labute approximate surface area is 146 Å². The first-order valence-corrected chi connectivity index (χ1v) is 7.44. The summed E-state index contributed by atoms with van der Waals surface area (Å²) in [6, 6.07) is 13.4. The highest BCUT2D eigenvalue weighted by atomic mass is 19.2. The van der Waals surface area contributed by atoms with Gasteiger partial charge in [-0.3, -0.25) is 0 Å². The fourth-order valence-electron chi connectivity index (χ4n) is 2.32. The first-order valence-electron chi connectivity index (χ1n) is 7.44. The van der Waals surface area contributed by atoms with Crippen molar-refractivity contribution in [3.8, 4) is 22.6 Å². The predicted octanol–water partition coefficient (Wildman–Crippen LogP) is 6.48. The van der Waals surface area contributed by atoms with Crippen molar-refractivity contribution in [2.75, 3.05) is 0 Å². The van der Waals surface area contributed by atoms with Crippen LogP contribution in [0.1, 0.15) is 5.56 Å². The highest BCUT2D eigenvalue weighted by molar-refractivity contribution is 5.66. The summed E-state index contributed by atoms with van der Waals surface area (Å²) in [5.41, 5.74) is 2.60. The van der Waals surface area contributed by atoms with Crippen LogP contribution < -0.4 is 4.74 Å². The largest absolute Gasteiger partial charge is 0.451 e. The molecule has 0 aliphatic rings. The van der Waals surface area contributed by atoms with Crippen LogP contribution in [0.4, 0.5) is 22.0 Å². The van der Waals surface area contributed by atoms with Gasteiger partial charge in [-0.05, 0) is 28.8 Å². The minimum atomic E-state index is -2.23. The molecule has 0 aliphatic carbocycles.